The standard InChI is InChI=1S/C28H24BrN3O2S/c1-34-20-10-7-18(8-11-20)26-25-22(21-15-19(29)9-12-23(21)30-25)16-24-27(33)31(28(35)32(24)26)14-13-17-5-3-2-4-6-17/h2-12,15,24,26,30H,13-14,16H2,1H3. The fraction of sp³-hybridized carbons (Fsp3) is 0.214. The molecule has 0 spiro atoms. The number of hydrogen-bond donors (Lipinski definition) is 1. The Bertz CT molecular complexity index is 1430. The van der Waals surface area contributed by atoms with Crippen LogP contribution in [0.3, 0.4) is 0 Å². The van der Waals surface area contributed by atoms with Gasteiger partial charge in [0.15, 0.2) is 5.11 Å². The van der Waals surface area contributed by atoms with Gasteiger partial charge in [-0.1, -0.05) is 58.4 Å². The van der Waals surface area contributed by atoms with E-state index in [1.807, 2.05) is 36.4 Å². The van der Waals surface area contributed by atoms with Gasteiger partial charge < -0.3 is 14.6 Å². The predicted molar refractivity (Wildman–Crippen MR) is 145 cm³/mol. The maximum absolute atomic E-state index is 13.7. The number of H-pyrrole nitrogens is 1. The minimum atomic E-state index is -0.323. The van der Waals surface area contributed by atoms with Crippen LogP contribution in [0.1, 0.15) is 28.4 Å². The number of hydrogen-bond acceptors (Lipinski definition) is 3. The second-order valence-corrected chi connectivity index (χ2v) is 10.3. The molecule has 3 heterocycles. The van der Waals surface area contributed by atoms with Crippen LogP contribution in [0.25, 0.3) is 10.9 Å². The van der Waals surface area contributed by atoms with Crippen molar-refractivity contribution in [2.75, 3.05) is 13.7 Å². The third-order valence-electron chi connectivity index (χ3n) is 7.09. The molecule has 0 radical (unpaired) electrons. The minimum absolute atomic E-state index is 0.0828. The zero-order valence-corrected chi connectivity index (χ0v) is 21.6. The number of methoxy groups -OCH3 is 1. The number of benzene rings is 3. The fourth-order valence-corrected chi connectivity index (χ4v) is 6.15. The summed E-state index contributed by atoms with van der Waals surface area (Å²) in [7, 11) is 1.66. The predicted octanol–water partition coefficient (Wildman–Crippen LogP) is 5.62. The summed E-state index contributed by atoms with van der Waals surface area (Å²) in [4.78, 5) is 21.3. The van der Waals surface area contributed by atoms with Gasteiger partial charge in [-0.05, 0) is 65.7 Å². The SMILES string of the molecule is COc1ccc(C2c3[nH]c4ccc(Br)cc4c3CC3C(=O)N(CCc4ccccc4)C(=S)N32)cc1. The monoisotopic (exact) mass is 545 g/mol. The van der Waals surface area contributed by atoms with Gasteiger partial charge in [-0.25, -0.2) is 0 Å². The van der Waals surface area contributed by atoms with Crippen molar-refractivity contribution in [3.63, 3.8) is 0 Å². The van der Waals surface area contributed by atoms with E-state index in [2.05, 4.69) is 62.2 Å². The molecule has 1 aromatic heterocycles. The highest BCUT2D eigenvalue weighted by Crippen LogP contribution is 2.44. The Labute approximate surface area is 217 Å². The molecule has 7 heteroatoms. The number of nitrogens with one attached hydrogen (secondary N) is 1. The van der Waals surface area contributed by atoms with Crippen LogP contribution < -0.4 is 4.74 Å². The van der Waals surface area contributed by atoms with Gasteiger partial charge in [0, 0.05) is 34.0 Å². The summed E-state index contributed by atoms with van der Waals surface area (Å²) in [6, 6.07) is 24.0. The second kappa shape index (κ2) is 8.81. The van der Waals surface area contributed by atoms with E-state index < -0.39 is 0 Å². The van der Waals surface area contributed by atoms with Crippen molar-refractivity contribution in [2.24, 2.45) is 0 Å². The summed E-state index contributed by atoms with van der Waals surface area (Å²) >= 11 is 9.59. The van der Waals surface area contributed by atoms with Crippen LogP contribution in [0.5, 0.6) is 5.75 Å². The Hall–Kier alpha value is -3.16. The molecule has 35 heavy (non-hydrogen) atoms. The first kappa shape index (κ1) is 22.3. The number of carbonyl (C=O) groups excluding carboxylic acids is 1. The first-order chi connectivity index (χ1) is 17.0. The highest BCUT2D eigenvalue weighted by molar-refractivity contribution is 9.10. The average Bonchev–Trinajstić information content (AvgIpc) is 3.36. The lowest BCUT2D eigenvalue weighted by atomic mass is 9.89. The van der Waals surface area contributed by atoms with Gasteiger partial charge in [0.1, 0.15) is 11.8 Å². The van der Waals surface area contributed by atoms with Crippen LogP contribution in [0.4, 0.5) is 0 Å². The second-order valence-electron chi connectivity index (χ2n) is 9.02. The van der Waals surface area contributed by atoms with Crippen molar-refractivity contribution in [3.05, 3.63) is 99.7 Å². The molecule has 176 valence electrons. The molecular weight excluding hydrogens is 522 g/mol. The summed E-state index contributed by atoms with van der Waals surface area (Å²) in [5, 5.41) is 1.75. The average molecular weight is 546 g/mol. The van der Waals surface area contributed by atoms with Crippen molar-refractivity contribution in [3.8, 4) is 5.75 Å². The lowest BCUT2D eigenvalue weighted by Crippen LogP contribution is -2.44. The van der Waals surface area contributed by atoms with E-state index in [1.165, 1.54) is 11.1 Å². The molecule has 3 aromatic carbocycles. The molecule has 0 saturated carbocycles. The van der Waals surface area contributed by atoms with E-state index in [4.69, 9.17) is 17.0 Å². The summed E-state index contributed by atoms with van der Waals surface area (Å²) in [5.74, 6) is 0.880. The lowest BCUT2D eigenvalue weighted by Gasteiger charge is -2.37. The van der Waals surface area contributed by atoms with E-state index in [1.54, 1.807) is 12.0 Å². The van der Waals surface area contributed by atoms with Crippen LogP contribution in [0.15, 0.2) is 77.3 Å². The Morgan fingerprint density at radius 2 is 1.86 bits per heavy atom. The molecule has 1 saturated heterocycles. The molecule has 1 fully saturated rings. The van der Waals surface area contributed by atoms with Crippen molar-refractivity contribution in [2.45, 2.75) is 24.9 Å². The van der Waals surface area contributed by atoms with E-state index in [0.717, 1.165) is 38.8 Å². The molecule has 5 nitrogen and oxygen atoms in total. The number of amides is 1. The van der Waals surface area contributed by atoms with Gasteiger partial charge in [-0.2, -0.15) is 0 Å². The topological polar surface area (TPSA) is 48.6 Å². The van der Waals surface area contributed by atoms with Crippen molar-refractivity contribution in [1.29, 1.82) is 0 Å². The van der Waals surface area contributed by atoms with Gasteiger partial charge in [0.2, 0.25) is 0 Å². The van der Waals surface area contributed by atoms with Gasteiger partial charge >= 0.3 is 0 Å². The van der Waals surface area contributed by atoms with Gasteiger partial charge in [0.25, 0.3) is 5.91 Å². The number of halogens is 1. The van der Waals surface area contributed by atoms with Crippen LogP contribution in [0, 0.1) is 0 Å². The van der Waals surface area contributed by atoms with Crippen LogP contribution >= 0.6 is 28.1 Å². The third kappa shape index (κ3) is 3.74. The quantitative estimate of drug-likeness (QED) is 0.330. The van der Waals surface area contributed by atoms with Gasteiger partial charge in [0.05, 0.1) is 13.2 Å². The number of fused-ring (bicyclic) bond motifs is 4. The molecule has 1 N–H and O–H groups in total. The van der Waals surface area contributed by atoms with E-state index >= 15 is 0 Å². The number of aromatic amines is 1. The normalized spacial score (nSPS) is 19.3. The first-order valence-corrected chi connectivity index (χ1v) is 12.9. The summed E-state index contributed by atoms with van der Waals surface area (Å²) in [6.07, 6.45) is 1.39. The lowest BCUT2D eigenvalue weighted by molar-refractivity contribution is -0.128. The summed E-state index contributed by atoms with van der Waals surface area (Å²) in [6.45, 7) is 0.574. The van der Waals surface area contributed by atoms with Crippen molar-refractivity contribution < 1.29 is 9.53 Å². The molecule has 0 bridgehead atoms. The summed E-state index contributed by atoms with van der Waals surface area (Å²) in [5.41, 5.74) is 5.62. The van der Waals surface area contributed by atoms with Gasteiger partial charge in [-0.3, -0.25) is 9.69 Å². The molecular formula is C28H24BrN3O2S. The zero-order valence-electron chi connectivity index (χ0n) is 19.2. The largest absolute Gasteiger partial charge is 0.497 e. The molecule has 6 rings (SSSR count). The highest BCUT2D eigenvalue weighted by Gasteiger charge is 2.50. The zero-order chi connectivity index (χ0) is 24.1. The Kier molecular flexibility index (Phi) is 5.61. The molecule has 2 unspecified atom stereocenters. The van der Waals surface area contributed by atoms with Crippen LogP contribution in [-0.4, -0.2) is 45.5 Å². The molecule has 2 aliphatic heterocycles. The number of ether oxygens (including phenoxy) is 1. The van der Waals surface area contributed by atoms with Crippen LogP contribution in [0.2, 0.25) is 0 Å². The molecule has 2 aliphatic rings. The maximum Gasteiger partial charge on any atom is 0.251 e. The summed E-state index contributed by atoms with van der Waals surface area (Å²) < 4.78 is 6.41. The highest BCUT2D eigenvalue weighted by atomic mass is 79.9. The third-order valence-corrected chi connectivity index (χ3v) is 8.01. The maximum atomic E-state index is 13.7. The number of rotatable bonds is 5. The van der Waals surface area contributed by atoms with Crippen molar-refractivity contribution >= 4 is 50.1 Å². The Morgan fingerprint density at radius 1 is 1.09 bits per heavy atom. The molecule has 1 amide bonds. The molecule has 0 aliphatic carbocycles. The number of thiocarbonyl (C=S) groups is 1. The Balaban J connectivity index is 1.43. The van der Waals surface area contributed by atoms with E-state index in [-0.39, 0.29) is 18.0 Å². The number of aromatic nitrogens is 1. The number of carbonyl (C=O) groups is 1. The molecule has 2 atom stereocenters. The molecule has 4 aromatic rings. The smallest absolute Gasteiger partial charge is 0.251 e. The first-order valence-electron chi connectivity index (χ1n) is 11.7. The van der Waals surface area contributed by atoms with Crippen molar-refractivity contribution in [1.82, 2.24) is 14.8 Å². The van der Waals surface area contributed by atoms with Gasteiger partial charge in [-0.15, -0.1) is 0 Å². The fourth-order valence-electron chi connectivity index (χ4n) is 5.37. The van der Waals surface area contributed by atoms with E-state index in [0.29, 0.717) is 18.1 Å². The van der Waals surface area contributed by atoms with E-state index in [9.17, 15) is 4.79 Å². The van der Waals surface area contributed by atoms with Crippen LogP contribution in [-0.2, 0) is 17.6 Å². The number of nitrogens with zero attached hydrogens (tertiary/aromatic N) is 2. The minimum Gasteiger partial charge on any atom is -0.497 e. The Morgan fingerprint density at radius 3 is 2.60 bits per heavy atom.